The van der Waals surface area contributed by atoms with Crippen molar-refractivity contribution in [1.82, 2.24) is 4.90 Å². The maximum Gasteiger partial charge on any atom is 0.253 e. The van der Waals surface area contributed by atoms with Gasteiger partial charge in [-0.05, 0) is 37.1 Å². The summed E-state index contributed by atoms with van der Waals surface area (Å²) in [7, 11) is 1.58. The van der Waals surface area contributed by atoms with Crippen LogP contribution in [-0.4, -0.2) is 42.7 Å². The number of ether oxygens (including phenoxy) is 1. The highest BCUT2D eigenvalue weighted by atomic mass is 16.5. The second-order valence-electron chi connectivity index (χ2n) is 6.14. The lowest BCUT2D eigenvalue weighted by molar-refractivity contribution is 0.0793. The molecule has 0 bridgehead atoms. The van der Waals surface area contributed by atoms with Crippen LogP contribution in [0.2, 0.25) is 0 Å². The maximum absolute atomic E-state index is 12.0. The predicted molar refractivity (Wildman–Crippen MR) is 107 cm³/mol. The van der Waals surface area contributed by atoms with Gasteiger partial charge in [0.25, 0.3) is 5.91 Å². The Bertz CT molecular complexity index is 811. The highest BCUT2D eigenvalue weighted by Crippen LogP contribution is 2.13. The molecular formula is C20H25N5O2. The first-order valence-electron chi connectivity index (χ1n) is 8.64. The predicted octanol–water partition coefficient (Wildman–Crippen LogP) is 2.19. The molecule has 1 aliphatic heterocycles. The van der Waals surface area contributed by atoms with E-state index in [2.05, 4.69) is 0 Å². The van der Waals surface area contributed by atoms with Crippen LogP contribution in [0.5, 0.6) is 5.75 Å². The Labute approximate surface area is 158 Å². The average Bonchev–Trinajstić information content (AvgIpc) is 3.23. The Morgan fingerprint density at radius 2 is 1.48 bits per heavy atom. The van der Waals surface area contributed by atoms with Crippen molar-refractivity contribution in [1.29, 1.82) is 10.8 Å². The van der Waals surface area contributed by atoms with Crippen LogP contribution in [0.1, 0.15) is 34.3 Å². The first kappa shape index (κ1) is 20.0. The van der Waals surface area contributed by atoms with Crippen LogP contribution in [0.3, 0.4) is 0 Å². The molecule has 0 unspecified atom stereocenters. The Kier molecular flexibility index (Phi) is 6.93. The Hall–Kier alpha value is -3.35. The van der Waals surface area contributed by atoms with Crippen molar-refractivity contribution in [3.8, 4) is 5.75 Å². The fourth-order valence-electron chi connectivity index (χ4n) is 2.69. The zero-order valence-electron chi connectivity index (χ0n) is 15.4. The van der Waals surface area contributed by atoms with Crippen LogP contribution in [0, 0.1) is 10.8 Å². The van der Waals surface area contributed by atoms with Gasteiger partial charge in [-0.15, -0.1) is 0 Å². The number of amidine groups is 2. The molecule has 0 radical (unpaired) electrons. The molecule has 27 heavy (non-hydrogen) atoms. The molecule has 1 amide bonds. The number of hydrogen-bond acceptors (Lipinski definition) is 4. The van der Waals surface area contributed by atoms with Gasteiger partial charge in [-0.2, -0.15) is 0 Å². The normalized spacial score (nSPS) is 12.7. The van der Waals surface area contributed by atoms with Crippen molar-refractivity contribution in [3.05, 3.63) is 65.2 Å². The summed E-state index contributed by atoms with van der Waals surface area (Å²) in [5.41, 5.74) is 12.6. The van der Waals surface area contributed by atoms with E-state index >= 15 is 0 Å². The Morgan fingerprint density at radius 1 is 0.926 bits per heavy atom. The Morgan fingerprint density at radius 3 is 2.00 bits per heavy atom. The molecule has 142 valence electrons. The molecule has 7 heteroatoms. The van der Waals surface area contributed by atoms with Gasteiger partial charge >= 0.3 is 0 Å². The summed E-state index contributed by atoms with van der Waals surface area (Å²) in [6, 6.07) is 14.0. The SMILES string of the molecule is COc1cccc(C(=N)N)c1.N=C(N)c1ccc(C(=O)N2CCCC2)cc1. The number of nitrogens with zero attached hydrogens (tertiary/aromatic N) is 1. The summed E-state index contributed by atoms with van der Waals surface area (Å²) < 4.78 is 4.95. The van der Waals surface area contributed by atoms with E-state index in [1.165, 1.54) is 0 Å². The van der Waals surface area contributed by atoms with Gasteiger partial charge in [0, 0.05) is 29.8 Å². The van der Waals surface area contributed by atoms with Crippen LogP contribution in [-0.2, 0) is 0 Å². The molecule has 1 aliphatic rings. The van der Waals surface area contributed by atoms with E-state index in [0.29, 0.717) is 16.7 Å². The van der Waals surface area contributed by atoms with Crippen LogP contribution in [0.4, 0.5) is 0 Å². The molecular weight excluding hydrogens is 342 g/mol. The third kappa shape index (κ3) is 5.57. The number of rotatable bonds is 4. The van der Waals surface area contributed by atoms with Crippen LogP contribution in [0.25, 0.3) is 0 Å². The highest BCUT2D eigenvalue weighted by Gasteiger charge is 2.19. The number of benzene rings is 2. The first-order valence-corrected chi connectivity index (χ1v) is 8.64. The highest BCUT2D eigenvalue weighted by molar-refractivity contribution is 5.98. The van der Waals surface area contributed by atoms with Gasteiger partial charge in [0.1, 0.15) is 17.4 Å². The zero-order chi connectivity index (χ0) is 19.8. The minimum Gasteiger partial charge on any atom is -0.497 e. The molecule has 1 fully saturated rings. The average molecular weight is 367 g/mol. The van der Waals surface area contributed by atoms with Crippen molar-refractivity contribution < 1.29 is 9.53 Å². The summed E-state index contributed by atoms with van der Waals surface area (Å²) in [6.07, 6.45) is 2.19. The van der Waals surface area contributed by atoms with Gasteiger partial charge in [-0.25, -0.2) is 0 Å². The van der Waals surface area contributed by atoms with Crippen LogP contribution >= 0.6 is 0 Å². The molecule has 0 saturated carbocycles. The summed E-state index contributed by atoms with van der Waals surface area (Å²) >= 11 is 0. The zero-order valence-corrected chi connectivity index (χ0v) is 15.4. The lowest BCUT2D eigenvalue weighted by atomic mass is 10.1. The number of nitrogens with one attached hydrogen (secondary N) is 2. The van der Waals surface area contributed by atoms with E-state index in [0.717, 1.165) is 31.7 Å². The van der Waals surface area contributed by atoms with Crippen LogP contribution < -0.4 is 16.2 Å². The number of carbonyl (C=O) groups is 1. The van der Waals surface area contributed by atoms with Gasteiger partial charge in [0.2, 0.25) is 0 Å². The van der Waals surface area contributed by atoms with E-state index in [1.54, 1.807) is 49.6 Å². The fraction of sp³-hybridized carbons (Fsp3) is 0.250. The molecule has 6 N–H and O–H groups in total. The molecule has 0 atom stereocenters. The number of likely N-dealkylation sites (tertiary alicyclic amines) is 1. The van der Waals surface area contributed by atoms with Crippen molar-refractivity contribution in [2.24, 2.45) is 11.5 Å². The standard InChI is InChI=1S/C12H15N3O.C8H10N2O/c13-11(14)9-3-5-10(6-4-9)12(16)15-7-1-2-8-15;1-11-7-4-2-3-6(5-7)8(9)10/h3-6H,1-2,7-8H2,(H3,13,14);2-5H,1H3,(H3,9,10). The summed E-state index contributed by atoms with van der Waals surface area (Å²) in [5.74, 6) is 0.884. The number of methoxy groups -OCH3 is 1. The van der Waals surface area contributed by atoms with Crippen molar-refractivity contribution in [2.75, 3.05) is 20.2 Å². The number of nitrogens with two attached hydrogens (primary N) is 2. The van der Waals surface area contributed by atoms with Crippen molar-refractivity contribution in [2.45, 2.75) is 12.8 Å². The number of hydrogen-bond donors (Lipinski definition) is 4. The maximum atomic E-state index is 12.0. The number of amides is 1. The van der Waals surface area contributed by atoms with E-state index in [-0.39, 0.29) is 17.6 Å². The monoisotopic (exact) mass is 367 g/mol. The van der Waals surface area contributed by atoms with Gasteiger partial charge in [-0.1, -0.05) is 24.3 Å². The third-order valence-corrected chi connectivity index (χ3v) is 4.22. The second kappa shape index (κ2) is 9.38. The topological polar surface area (TPSA) is 129 Å². The van der Waals surface area contributed by atoms with Gasteiger partial charge in [0.15, 0.2) is 0 Å². The van der Waals surface area contributed by atoms with E-state index in [1.807, 2.05) is 11.0 Å². The molecule has 3 rings (SSSR count). The molecule has 2 aromatic carbocycles. The number of nitrogen functional groups attached to an aromatic ring is 2. The minimum absolute atomic E-state index is 0.0279. The summed E-state index contributed by atoms with van der Waals surface area (Å²) in [6.45, 7) is 1.71. The molecule has 7 nitrogen and oxygen atoms in total. The summed E-state index contributed by atoms with van der Waals surface area (Å²) in [5, 5.41) is 14.4. The largest absolute Gasteiger partial charge is 0.497 e. The molecule has 1 heterocycles. The second-order valence-corrected chi connectivity index (χ2v) is 6.14. The summed E-state index contributed by atoms with van der Waals surface area (Å²) in [4.78, 5) is 13.8. The minimum atomic E-state index is 0.0279. The van der Waals surface area contributed by atoms with E-state index < -0.39 is 0 Å². The molecule has 0 aromatic heterocycles. The lowest BCUT2D eigenvalue weighted by Gasteiger charge is -2.15. The molecule has 2 aromatic rings. The first-order chi connectivity index (χ1) is 12.9. The van der Waals surface area contributed by atoms with E-state index in [4.69, 9.17) is 27.0 Å². The quantitative estimate of drug-likeness (QED) is 0.487. The van der Waals surface area contributed by atoms with Crippen molar-refractivity contribution in [3.63, 3.8) is 0 Å². The lowest BCUT2D eigenvalue weighted by Crippen LogP contribution is -2.27. The fourth-order valence-corrected chi connectivity index (χ4v) is 2.69. The van der Waals surface area contributed by atoms with Gasteiger partial charge in [0.05, 0.1) is 7.11 Å². The van der Waals surface area contributed by atoms with Crippen molar-refractivity contribution >= 4 is 17.6 Å². The number of carbonyl (C=O) groups excluding carboxylic acids is 1. The molecule has 1 saturated heterocycles. The third-order valence-electron chi connectivity index (χ3n) is 4.22. The smallest absolute Gasteiger partial charge is 0.253 e. The Balaban J connectivity index is 0.000000208. The van der Waals surface area contributed by atoms with Crippen LogP contribution in [0.15, 0.2) is 48.5 Å². The van der Waals surface area contributed by atoms with E-state index in [9.17, 15) is 4.79 Å². The van der Waals surface area contributed by atoms with Gasteiger partial charge in [-0.3, -0.25) is 15.6 Å². The van der Waals surface area contributed by atoms with Gasteiger partial charge < -0.3 is 21.1 Å². The molecule has 0 spiro atoms. The molecule has 0 aliphatic carbocycles.